The molecule has 0 unspecified atom stereocenters. The highest BCUT2D eigenvalue weighted by Crippen LogP contribution is 2.35. The van der Waals surface area contributed by atoms with Crippen LogP contribution < -0.4 is 0 Å². The molecule has 1 fully saturated rings. The first-order chi connectivity index (χ1) is 11.2. The normalized spacial score (nSPS) is 21.1. The van der Waals surface area contributed by atoms with Crippen LogP contribution in [0.1, 0.15) is 11.1 Å². The minimum absolute atomic E-state index is 0.153. The monoisotopic (exact) mass is 326 g/mol. The lowest BCUT2D eigenvalue weighted by Crippen LogP contribution is -2.38. The van der Waals surface area contributed by atoms with Crippen molar-refractivity contribution < 1.29 is 4.92 Å². The summed E-state index contributed by atoms with van der Waals surface area (Å²) in [7, 11) is 0. The molecule has 1 atom stereocenters. The van der Waals surface area contributed by atoms with Crippen LogP contribution in [0.15, 0.2) is 47.7 Å². The molecule has 0 radical (unpaired) electrons. The lowest BCUT2D eigenvalue weighted by Gasteiger charge is -2.32. The highest BCUT2D eigenvalue weighted by molar-refractivity contribution is 8.14. The van der Waals surface area contributed by atoms with Crippen LogP contribution in [0, 0.1) is 10.1 Å². The number of pyridine rings is 1. The van der Waals surface area contributed by atoms with Crippen molar-refractivity contribution in [3.63, 3.8) is 0 Å². The van der Waals surface area contributed by atoms with Gasteiger partial charge in [0.1, 0.15) is 0 Å². The first-order valence-corrected chi connectivity index (χ1v) is 8.33. The van der Waals surface area contributed by atoms with E-state index in [1.54, 1.807) is 36.3 Å². The number of hydrogen-bond donors (Lipinski definition) is 0. The van der Waals surface area contributed by atoms with Crippen LogP contribution in [0.4, 0.5) is 11.4 Å². The Morgan fingerprint density at radius 3 is 3.04 bits per heavy atom. The SMILES string of the molecule is O=[N+]([O-])c1ccc2c(c1)CN1C(=Nc3cccnc3)SC[C@@H]1C2. The molecule has 2 aliphatic heterocycles. The van der Waals surface area contributed by atoms with Gasteiger partial charge in [0.05, 0.1) is 16.8 Å². The maximum absolute atomic E-state index is 11.0. The predicted molar refractivity (Wildman–Crippen MR) is 89.9 cm³/mol. The van der Waals surface area contributed by atoms with Gasteiger partial charge < -0.3 is 4.90 Å². The number of non-ortho nitro benzene ring substituents is 1. The zero-order chi connectivity index (χ0) is 15.8. The molecule has 0 amide bonds. The molecule has 1 saturated heterocycles. The Labute approximate surface area is 137 Å². The molecule has 0 bridgehead atoms. The molecular formula is C16H14N4O2S. The van der Waals surface area contributed by atoms with Gasteiger partial charge >= 0.3 is 0 Å². The van der Waals surface area contributed by atoms with E-state index in [4.69, 9.17) is 0 Å². The summed E-state index contributed by atoms with van der Waals surface area (Å²) in [6.07, 6.45) is 4.38. The van der Waals surface area contributed by atoms with Crippen molar-refractivity contribution in [3.8, 4) is 0 Å². The van der Waals surface area contributed by atoms with Crippen LogP contribution in [0.5, 0.6) is 0 Å². The Bertz CT molecular complexity index is 794. The summed E-state index contributed by atoms with van der Waals surface area (Å²) in [6.45, 7) is 0.674. The smallest absolute Gasteiger partial charge is 0.269 e. The summed E-state index contributed by atoms with van der Waals surface area (Å²) in [6, 6.07) is 9.38. The summed E-state index contributed by atoms with van der Waals surface area (Å²) in [5.74, 6) is 0.996. The van der Waals surface area contributed by atoms with E-state index in [1.807, 2.05) is 18.2 Å². The Balaban J connectivity index is 1.65. The van der Waals surface area contributed by atoms with Crippen molar-refractivity contribution in [1.29, 1.82) is 0 Å². The molecule has 7 heteroatoms. The van der Waals surface area contributed by atoms with Crippen LogP contribution >= 0.6 is 11.8 Å². The number of aliphatic imine (C=N–C) groups is 1. The molecule has 1 aromatic heterocycles. The van der Waals surface area contributed by atoms with Crippen molar-refractivity contribution in [2.75, 3.05) is 5.75 Å². The Morgan fingerprint density at radius 1 is 1.35 bits per heavy atom. The van der Waals surface area contributed by atoms with Gasteiger partial charge in [-0.25, -0.2) is 4.99 Å². The van der Waals surface area contributed by atoms with E-state index in [9.17, 15) is 10.1 Å². The number of rotatable bonds is 2. The molecule has 23 heavy (non-hydrogen) atoms. The summed E-state index contributed by atoms with van der Waals surface area (Å²) in [4.78, 5) is 21.7. The maximum atomic E-state index is 11.0. The topological polar surface area (TPSA) is 71.6 Å². The van der Waals surface area contributed by atoms with E-state index < -0.39 is 0 Å². The predicted octanol–water partition coefficient (Wildman–Crippen LogP) is 3.15. The quantitative estimate of drug-likeness (QED) is 0.626. The summed E-state index contributed by atoms with van der Waals surface area (Å²) < 4.78 is 0. The van der Waals surface area contributed by atoms with Crippen LogP contribution in [0.2, 0.25) is 0 Å². The Hall–Kier alpha value is -2.41. The average Bonchev–Trinajstić information content (AvgIpc) is 2.95. The van der Waals surface area contributed by atoms with E-state index in [0.29, 0.717) is 12.6 Å². The number of benzene rings is 1. The van der Waals surface area contributed by atoms with Crippen LogP contribution in [-0.4, -0.2) is 31.8 Å². The highest BCUT2D eigenvalue weighted by Gasteiger charge is 2.35. The Morgan fingerprint density at radius 2 is 2.26 bits per heavy atom. The van der Waals surface area contributed by atoms with Crippen molar-refractivity contribution in [2.24, 2.45) is 4.99 Å². The first kappa shape index (κ1) is 14.2. The van der Waals surface area contributed by atoms with Crippen molar-refractivity contribution in [1.82, 2.24) is 9.88 Å². The van der Waals surface area contributed by atoms with Crippen LogP contribution in [0.3, 0.4) is 0 Å². The summed E-state index contributed by atoms with van der Waals surface area (Å²) in [5, 5.41) is 11.9. The van der Waals surface area contributed by atoms with Gasteiger partial charge in [-0.1, -0.05) is 17.8 Å². The second kappa shape index (κ2) is 5.66. The molecule has 0 N–H and O–H groups in total. The number of amidine groups is 1. The third-order valence-corrected chi connectivity index (χ3v) is 5.29. The number of fused-ring (bicyclic) bond motifs is 2. The minimum Gasteiger partial charge on any atom is -0.343 e. The van der Waals surface area contributed by atoms with Gasteiger partial charge in [0.25, 0.3) is 5.69 Å². The van der Waals surface area contributed by atoms with Crippen molar-refractivity contribution in [2.45, 2.75) is 19.0 Å². The van der Waals surface area contributed by atoms with Crippen molar-refractivity contribution >= 4 is 28.3 Å². The van der Waals surface area contributed by atoms with Crippen LogP contribution in [-0.2, 0) is 13.0 Å². The lowest BCUT2D eigenvalue weighted by atomic mass is 9.95. The highest BCUT2D eigenvalue weighted by atomic mass is 32.2. The number of aromatic nitrogens is 1. The fraction of sp³-hybridized carbons (Fsp3) is 0.250. The van der Waals surface area contributed by atoms with Gasteiger partial charge in [-0.05, 0) is 29.7 Å². The molecule has 0 aliphatic carbocycles. The van der Waals surface area contributed by atoms with Crippen LogP contribution in [0.25, 0.3) is 0 Å². The van der Waals surface area contributed by atoms with E-state index >= 15 is 0 Å². The lowest BCUT2D eigenvalue weighted by molar-refractivity contribution is -0.385. The molecule has 116 valence electrons. The summed E-state index contributed by atoms with van der Waals surface area (Å²) >= 11 is 1.74. The number of nitro benzene ring substituents is 1. The summed E-state index contributed by atoms with van der Waals surface area (Å²) in [5.41, 5.74) is 3.22. The van der Waals surface area contributed by atoms with Gasteiger partial charge in [0.15, 0.2) is 5.17 Å². The minimum atomic E-state index is -0.338. The van der Waals surface area contributed by atoms with Gasteiger partial charge in [0.2, 0.25) is 0 Å². The second-order valence-corrected chi connectivity index (χ2v) is 6.60. The second-order valence-electron chi connectivity index (χ2n) is 5.61. The fourth-order valence-electron chi connectivity index (χ4n) is 3.00. The molecule has 1 aromatic carbocycles. The zero-order valence-electron chi connectivity index (χ0n) is 12.3. The third kappa shape index (κ3) is 2.68. The van der Waals surface area contributed by atoms with E-state index in [-0.39, 0.29) is 10.6 Å². The fourth-order valence-corrected chi connectivity index (χ4v) is 4.19. The molecular weight excluding hydrogens is 312 g/mol. The van der Waals surface area contributed by atoms with Gasteiger partial charge in [0, 0.05) is 36.7 Å². The zero-order valence-corrected chi connectivity index (χ0v) is 13.1. The number of hydrogen-bond acceptors (Lipinski definition) is 5. The Kier molecular flexibility index (Phi) is 3.49. The molecule has 2 aromatic rings. The molecule has 3 heterocycles. The first-order valence-electron chi connectivity index (χ1n) is 7.35. The molecule has 0 spiro atoms. The van der Waals surface area contributed by atoms with E-state index in [0.717, 1.165) is 28.6 Å². The molecule has 6 nitrogen and oxygen atoms in total. The van der Waals surface area contributed by atoms with Crippen molar-refractivity contribution in [3.05, 3.63) is 64.0 Å². The van der Waals surface area contributed by atoms with E-state index in [2.05, 4.69) is 14.9 Å². The third-order valence-electron chi connectivity index (χ3n) is 4.16. The van der Waals surface area contributed by atoms with Gasteiger partial charge in [-0.3, -0.25) is 15.1 Å². The van der Waals surface area contributed by atoms with Gasteiger partial charge in [-0.2, -0.15) is 0 Å². The number of thioether (sulfide) groups is 1. The molecule has 0 saturated carbocycles. The standard InChI is InChI=1S/C16H14N4O2S/c21-20(22)14-4-3-11-6-15-10-23-16(19(15)9-12(11)7-14)18-13-2-1-5-17-8-13/h1-5,7-8,15H,6,9-10H2/t15-/m0/s1. The number of nitro groups is 1. The molecule has 2 aliphatic rings. The molecule has 4 rings (SSSR count). The number of nitrogens with zero attached hydrogens (tertiary/aromatic N) is 4. The van der Waals surface area contributed by atoms with E-state index in [1.165, 1.54) is 5.56 Å². The van der Waals surface area contributed by atoms with Gasteiger partial charge in [-0.15, -0.1) is 0 Å². The largest absolute Gasteiger partial charge is 0.343 e. The maximum Gasteiger partial charge on any atom is 0.269 e. The average molecular weight is 326 g/mol.